The summed E-state index contributed by atoms with van der Waals surface area (Å²) in [6.07, 6.45) is 6.01. The second-order valence-electron chi connectivity index (χ2n) is 8.27. The van der Waals surface area contributed by atoms with Gasteiger partial charge in [-0.1, -0.05) is 36.3 Å². The molecule has 1 aromatic heterocycles. The molecule has 1 N–H and O–H groups in total. The van der Waals surface area contributed by atoms with E-state index in [9.17, 15) is 9.90 Å². The lowest BCUT2D eigenvalue weighted by Gasteiger charge is -2.39. The highest BCUT2D eigenvalue weighted by Gasteiger charge is 2.43. The van der Waals surface area contributed by atoms with E-state index < -0.39 is 11.2 Å². The molecule has 3 atom stereocenters. The Hall–Kier alpha value is -2.71. The van der Waals surface area contributed by atoms with Crippen LogP contribution in [-0.2, 0) is 9.53 Å². The van der Waals surface area contributed by atoms with Crippen LogP contribution >= 0.6 is 0 Å². The van der Waals surface area contributed by atoms with Crippen LogP contribution in [0.25, 0.3) is 0 Å². The van der Waals surface area contributed by atoms with E-state index in [0.717, 1.165) is 5.56 Å². The minimum absolute atomic E-state index is 0.161. The number of nitrogens with zero attached hydrogens (tertiary/aromatic N) is 2. The third-order valence-electron chi connectivity index (χ3n) is 4.84. The fraction of sp³-hybridized carbons (Fsp3) is 0.435. The third kappa shape index (κ3) is 5.17. The maximum atomic E-state index is 12.8. The summed E-state index contributed by atoms with van der Waals surface area (Å²) < 4.78 is 5.65. The number of aromatic nitrogens is 2. The van der Waals surface area contributed by atoms with Crippen LogP contribution in [-0.4, -0.2) is 32.2 Å². The molecule has 28 heavy (non-hydrogen) atoms. The molecule has 0 bridgehead atoms. The molecule has 0 saturated heterocycles. The first-order valence-electron chi connectivity index (χ1n) is 9.55. The normalized spacial score (nSPS) is 24.7. The van der Waals surface area contributed by atoms with E-state index >= 15 is 0 Å². The zero-order valence-corrected chi connectivity index (χ0v) is 16.6. The first-order valence-corrected chi connectivity index (χ1v) is 9.55. The Balaban J connectivity index is 1.87. The molecule has 1 aliphatic rings. The molecule has 1 aromatic carbocycles. The Bertz CT molecular complexity index is 865. The average Bonchev–Trinajstić information content (AvgIpc) is 2.66. The smallest absolute Gasteiger partial charge is 0.310 e. The zero-order valence-electron chi connectivity index (χ0n) is 16.6. The summed E-state index contributed by atoms with van der Waals surface area (Å²) in [4.78, 5) is 21.0. The van der Waals surface area contributed by atoms with E-state index in [2.05, 4.69) is 21.8 Å². The molecule has 1 fully saturated rings. The number of benzene rings is 1. The number of ether oxygens (including phenoxy) is 1. The maximum absolute atomic E-state index is 12.8. The summed E-state index contributed by atoms with van der Waals surface area (Å²) in [7, 11) is 0. The second kappa shape index (κ2) is 8.12. The molecule has 5 nitrogen and oxygen atoms in total. The van der Waals surface area contributed by atoms with Gasteiger partial charge in [-0.05, 0) is 51.5 Å². The van der Waals surface area contributed by atoms with Crippen LogP contribution in [0.3, 0.4) is 0 Å². The molecule has 2 aromatic rings. The standard InChI is InChI=1S/C23H26N2O3/c1-22(2,3)28-21(26)19-10-12-23(27,11-9-18-16-24-13-14-25-18)15-20(19)17-7-5-4-6-8-17/h4-8,13-14,16,19-20,27H,10,12,15H2,1-3H3/t19-,20+,23?/m1/s1. The number of carbonyl (C=O) groups excluding carboxylic acids is 1. The summed E-state index contributed by atoms with van der Waals surface area (Å²) in [6.45, 7) is 5.61. The van der Waals surface area contributed by atoms with Crippen molar-refractivity contribution in [1.82, 2.24) is 9.97 Å². The highest BCUT2D eigenvalue weighted by molar-refractivity contribution is 5.74. The molecule has 1 saturated carbocycles. The van der Waals surface area contributed by atoms with Crippen molar-refractivity contribution in [3.63, 3.8) is 0 Å². The minimum Gasteiger partial charge on any atom is -0.460 e. The third-order valence-corrected chi connectivity index (χ3v) is 4.84. The van der Waals surface area contributed by atoms with Gasteiger partial charge in [0.25, 0.3) is 0 Å². The quantitative estimate of drug-likeness (QED) is 0.640. The van der Waals surface area contributed by atoms with E-state index in [1.54, 1.807) is 18.6 Å². The van der Waals surface area contributed by atoms with Crippen molar-refractivity contribution in [3.05, 3.63) is 60.2 Å². The highest BCUT2D eigenvalue weighted by atomic mass is 16.6. The fourth-order valence-corrected chi connectivity index (χ4v) is 3.57. The number of esters is 1. The Labute approximate surface area is 166 Å². The average molecular weight is 378 g/mol. The number of carbonyl (C=O) groups is 1. The molecule has 1 heterocycles. The molecule has 0 amide bonds. The van der Waals surface area contributed by atoms with Gasteiger partial charge in [0, 0.05) is 18.3 Å². The van der Waals surface area contributed by atoms with Gasteiger partial charge in [-0.3, -0.25) is 9.78 Å². The lowest BCUT2D eigenvalue weighted by molar-refractivity contribution is -0.163. The van der Waals surface area contributed by atoms with Gasteiger partial charge >= 0.3 is 5.97 Å². The monoisotopic (exact) mass is 378 g/mol. The summed E-state index contributed by atoms with van der Waals surface area (Å²) in [5, 5.41) is 11.1. The van der Waals surface area contributed by atoms with Gasteiger partial charge in [0.05, 0.1) is 12.1 Å². The summed E-state index contributed by atoms with van der Waals surface area (Å²) in [5.74, 6) is 5.21. The van der Waals surface area contributed by atoms with Crippen LogP contribution in [0.5, 0.6) is 0 Å². The molecule has 0 aliphatic heterocycles. The van der Waals surface area contributed by atoms with Crippen LogP contribution in [0.1, 0.15) is 57.2 Å². The van der Waals surface area contributed by atoms with Crippen molar-refractivity contribution in [1.29, 1.82) is 0 Å². The number of rotatable bonds is 2. The first kappa shape index (κ1) is 20.0. The first-order chi connectivity index (χ1) is 13.3. The van der Waals surface area contributed by atoms with E-state index in [1.165, 1.54) is 0 Å². The predicted octanol–water partition coefficient (Wildman–Crippen LogP) is 3.48. The van der Waals surface area contributed by atoms with Crippen molar-refractivity contribution in [3.8, 4) is 11.8 Å². The molecule has 3 rings (SSSR count). The van der Waals surface area contributed by atoms with Gasteiger partial charge in [0.2, 0.25) is 0 Å². The Morgan fingerprint density at radius 3 is 2.64 bits per heavy atom. The number of aliphatic hydroxyl groups is 1. The number of hydrogen-bond donors (Lipinski definition) is 1. The Morgan fingerprint density at radius 2 is 2.00 bits per heavy atom. The van der Waals surface area contributed by atoms with E-state index in [1.807, 2.05) is 51.1 Å². The SMILES string of the molecule is CC(C)(C)OC(=O)[C@@H]1CCC(O)(C#Cc2cnccn2)C[C@H]1c1ccccc1. The number of hydrogen-bond acceptors (Lipinski definition) is 5. The van der Waals surface area contributed by atoms with Gasteiger partial charge < -0.3 is 9.84 Å². The molecule has 0 spiro atoms. The van der Waals surface area contributed by atoms with Gasteiger partial charge in [-0.15, -0.1) is 0 Å². The van der Waals surface area contributed by atoms with Crippen LogP contribution < -0.4 is 0 Å². The molecular weight excluding hydrogens is 352 g/mol. The molecule has 1 aliphatic carbocycles. The van der Waals surface area contributed by atoms with Crippen molar-refractivity contribution < 1.29 is 14.6 Å². The summed E-state index contributed by atoms with van der Waals surface area (Å²) >= 11 is 0. The fourth-order valence-electron chi connectivity index (χ4n) is 3.57. The molecule has 1 unspecified atom stereocenters. The van der Waals surface area contributed by atoms with Crippen molar-refractivity contribution in [2.45, 2.75) is 57.2 Å². The zero-order chi connectivity index (χ0) is 20.2. The predicted molar refractivity (Wildman–Crippen MR) is 106 cm³/mol. The summed E-state index contributed by atoms with van der Waals surface area (Å²) in [5.41, 5.74) is -0.201. The van der Waals surface area contributed by atoms with E-state index in [-0.39, 0.29) is 17.8 Å². The van der Waals surface area contributed by atoms with Gasteiger partial charge in [0.1, 0.15) is 16.9 Å². The second-order valence-corrected chi connectivity index (χ2v) is 8.27. The lowest BCUT2D eigenvalue weighted by atomic mass is 9.69. The largest absolute Gasteiger partial charge is 0.460 e. The van der Waals surface area contributed by atoms with Crippen molar-refractivity contribution in [2.24, 2.45) is 5.92 Å². The minimum atomic E-state index is -1.18. The van der Waals surface area contributed by atoms with Crippen LogP contribution in [0, 0.1) is 17.8 Å². The highest BCUT2D eigenvalue weighted by Crippen LogP contribution is 2.43. The Morgan fingerprint density at radius 1 is 1.25 bits per heavy atom. The van der Waals surface area contributed by atoms with Gasteiger partial charge in [-0.25, -0.2) is 4.98 Å². The lowest BCUT2D eigenvalue weighted by Crippen LogP contribution is -2.41. The molecular formula is C23H26N2O3. The van der Waals surface area contributed by atoms with Gasteiger partial charge in [0.15, 0.2) is 0 Å². The van der Waals surface area contributed by atoms with E-state index in [0.29, 0.717) is 25.0 Å². The van der Waals surface area contributed by atoms with Crippen LogP contribution in [0.15, 0.2) is 48.9 Å². The maximum Gasteiger partial charge on any atom is 0.310 e. The Kier molecular flexibility index (Phi) is 5.81. The molecule has 146 valence electrons. The van der Waals surface area contributed by atoms with Crippen LogP contribution in [0.4, 0.5) is 0 Å². The van der Waals surface area contributed by atoms with Crippen molar-refractivity contribution >= 4 is 5.97 Å². The summed E-state index contributed by atoms with van der Waals surface area (Å²) in [6, 6.07) is 9.81. The van der Waals surface area contributed by atoms with Crippen molar-refractivity contribution in [2.75, 3.05) is 0 Å². The van der Waals surface area contributed by atoms with Gasteiger partial charge in [-0.2, -0.15) is 0 Å². The molecule has 5 heteroatoms. The topological polar surface area (TPSA) is 72.3 Å². The van der Waals surface area contributed by atoms with E-state index in [4.69, 9.17) is 4.74 Å². The molecule has 0 radical (unpaired) electrons. The van der Waals surface area contributed by atoms with Crippen LogP contribution in [0.2, 0.25) is 0 Å².